The topological polar surface area (TPSA) is 84.3 Å². The van der Waals surface area contributed by atoms with Crippen LogP contribution in [0.4, 0.5) is 0 Å². The summed E-state index contributed by atoms with van der Waals surface area (Å²) in [6, 6.07) is 0. The lowest BCUT2D eigenvalue weighted by Gasteiger charge is -2.22. The van der Waals surface area contributed by atoms with Gasteiger partial charge in [-0.15, -0.1) is 0 Å². The second-order valence-corrected chi connectivity index (χ2v) is 4.70. The van der Waals surface area contributed by atoms with Gasteiger partial charge >= 0.3 is 5.69 Å². The van der Waals surface area contributed by atoms with Crippen molar-refractivity contribution in [3.63, 3.8) is 0 Å². The largest absolute Gasteiger partial charge is 0.393 e. The van der Waals surface area contributed by atoms with E-state index in [4.69, 9.17) is 4.74 Å². The third-order valence-electron chi connectivity index (χ3n) is 3.13. The summed E-state index contributed by atoms with van der Waals surface area (Å²) in [5, 5.41) is 9.19. The third-order valence-corrected chi connectivity index (χ3v) is 3.13. The highest BCUT2D eigenvalue weighted by Crippen LogP contribution is 2.34. The second-order valence-electron chi connectivity index (χ2n) is 4.70. The number of nitrogens with one attached hydrogen (secondary N) is 1. The molecular weight excluding hydrogens is 224 g/mol. The fraction of sp³-hybridized carbons (Fsp3) is 0.636. The zero-order chi connectivity index (χ0) is 12.6. The summed E-state index contributed by atoms with van der Waals surface area (Å²) in [6.07, 6.45) is 2.39. The lowest BCUT2D eigenvalue weighted by Crippen LogP contribution is -2.35. The molecule has 1 aliphatic rings. The smallest absolute Gasteiger partial charge is 0.330 e. The number of aryl methyl sites for hydroxylation is 1. The van der Waals surface area contributed by atoms with Crippen LogP contribution in [-0.2, 0) is 4.74 Å². The molecule has 0 aliphatic carbocycles. The van der Waals surface area contributed by atoms with Gasteiger partial charge in [0.2, 0.25) is 0 Å². The van der Waals surface area contributed by atoms with Crippen LogP contribution in [0.5, 0.6) is 0 Å². The molecule has 1 aromatic rings. The Morgan fingerprint density at radius 1 is 1.65 bits per heavy atom. The number of aromatic nitrogens is 2. The molecule has 2 atom stereocenters. The Bertz CT molecular complexity index is 533. The zero-order valence-electron chi connectivity index (χ0n) is 9.90. The number of aromatic amines is 1. The molecule has 0 amide bonds. The van der Waals surface area contributed by atoms with Gasteiger partial charge in [-0.05, 0) is 26.7 Å². The molecule has 6 heteroatoms. The van der Waals surface area contributed by atoms with E-state index in [0.717, 1.165) is 0 Å². The Kier molecular flexibility index (Phi) is 2.92. The normalized spacial score (nSPS) is 28.5. The lowest BCUT2D eigenvalue weighted by atomic mass is 10.0. The fourth-order valence-electron chi connectivity index (χ4n) is 1.99. The second kappa shape index (κ2) is 4.12. The van der Waals surface area contributed by atoms with Crippen LogP contribution in [0.2, 0.25) is 0 Å². The van der Waals surface area contributed by atoms with E-state index in [1.807, 2.05) is 0 Å². The van der Waals surface area contributed by atoms with E-state index in [0.29, 0.717) is 18.4 Å². The molecule has 2 N–H and O–H groups in total. The molecule has 94 valence electrons. The molecule has 1 fully saturated rings. The third kappa shape index (κ3) is 2.18. The van der Waals surface area contributed by atoms with Crippen LogP contribution in [0.25, 0.3) is 0 Å². The van der Waals surface area contributed by atoms with Crippen LogP contribution < -0.4 is 11.2 Å². The quantitative estimate of drug-likeness (QED) is 0.756. The first-order valence-corrected chi connectivity index (χ1v) is 5.56. The number of H-pyrrole nitrogens is 1. The summed E-state index contributed by atoms with van der Waals surface area (Å²) in [4.78, 5) is 25.1. The minimum absolute atomic E-state index is 0.0828. The minimum atomic E-state index is -0.603. The van der Waals surface area contributed by atoms with Crippen molar-refractivity contribution in [2.45, 2.75) is 38.5 Å². The highest BCUT2D eigenvalue weighted by molar-refractivity contribution is 5.02. The number of hydrogen-bond donors (Lipinski definition) is 2. The maximum Gasteiger partial charge on any atom is 0.330 e. The number of hydrogen-bond acceptors (Lipinski definition) is 4. The van der Waals surface area contributed by atoms with E-state index in [2.05, 4.69) is 4.98 Å². The SMILES string of the molecule is Cc1cn([C@H]2CC[C@@](C)(CO)O2)c(=O)[nH]c1=O. The summed E-state index contributed by atoms with van der Waals surface area (Å²) in [5.41, 5.74) is -0.999. The van der Waals surface area contributed by atoms with Crippen LogP contribution in [0.1, 0.15) is 31.6 Å². The minimum Gasteiger partial charge on any atom is -0.393 e. The van der Waals surface area contributed by atoms with Gasteiger partial charge in [0.05, 0.1) is 12.2 Å². The fourth-order valence-corrected chi connectivity index (χ4v) is 1.99. The number of rotatable bonds is 2. The molecule has 1 aromatic heterocycles. The van der Waals surface area contributed by atoms with E-state index in [-0.39, 0.29) is 12.2 Å². The van der Waals surface area contributed by atoms with Crippen LogP contribution in [0.15, 0.2) is 15.8 Å². The molecule has 0 bridgehead atoms. The average Bonchev–Trinajstić information content (AvgIpc) is 2.67. The Hall–Kier alpha value is -1.40. The zero-order valence-corrected chi connectivity index (χ0v) is 9.90. The maximum absolute atomic E-state index is 11.6. The van der Waals surface area contributed by atoms with Crippen molar-refractivity contribution in [1.29, 1.82) is 0 Å². The summed E-state index contributed by atoms with van der Waals surface area (Å²) in [6.45, 7) is 3.35. The van der Waals surface area contributed by atoms with Gasteiger partial charge in [-0.3, -0.25) is 14.3 Å². The van der Waals surface area contributed by atoms with Gasteiger partial charge in [0.1, 0.15) is 6.23 Å². The first-order chi connectivity index (χ1) is 7.95. The van der Waals surface area contributed by atoms with Crippen molar-refractivity contribution in [2.24, 2.45) is 0 Å². The highest BCUT2D eigenvalue weighted by Gasteiger charge is 2.36. The van der Waals surface area contributed by atoms with Gasteiger partial charge in [0, 0.05) is 11.8 Å². The van der Waals surface area contributed by atoms with Gasteiger partial charge in [-0.25, -0.2) is 4.79 Å². The van der Waals surface area contributed by atoms with E-state index < -0.39 is 17.5 Å². The molecule has 0 spiro atoms. The van der Waals surface area contributed by atoms with E-state index in [9.17, 15) is 14.7 Å². The molecule has 0 radical (unpaired) electrons. The molecule has 0 unspecified atom stereocenters. The number of aliphatic hydroxyl groups excluding tert-OH is 1. The average molecular weight is 240 g/mol. The molecule has 6 nitrogen and oxygen atoms in total. The van der Waals surface area contributed by atoms with Crippen LogP contribution in [-0.4, -0.2) is 26.9 Å². The Labute approximate surface area is 97.9 Å². The van der Waals surface area contributed by atoms with Crippen LogP contribution in [0.3, 0.4) is 0 Å². The van der Waals surface area contributed by atoms with Crippen molar-refractivity contribution in [3.05, 3.63) is 32.6 Å². The lowest BCUT2D eigenvalue weighted by molar-refractivity contribution is -0.0882. The molecule has 0 aromatic carbocycles. The molecular formula is C11H16N2O4. The van der Waals surface area contributed by atoms with Gasteiger partial charge < -0.3 is 9.84 Å². The van der Waals surface area contributed by atoms with Crippen LogP contribution >= 0.6 is 0 Å². The van der Waals surface area contributed by atoms with Crippen molar-refractivity contribution >= 4 is 0 Å². The summed E-state index contributed by atoms with van der Waals surface area (Å²) >= 11 is 0. The summed E-state index contributed by atoms with van der Waals surface area (Å²) in [5.74, 6) is 0. The van der Waals surface area contributed by atoms with Crippen molar-refractivity contribution in [1.82, 2.24) is 9.55 Å². The molecule has 0 saturated carbocycles. The molecule has 2 rings (SSSR count). The molecule has 2 heterocycles. The predicted molar refractivity (Wildman–Crippen MR) is 60.9 cm³/mol. The van der Waals surface area contributed by atoms with E-state index in [1.54, 1.807) is 13.8 Å². The summed E-state index contributed by atoms with van der Waals surface area (Å²) < 4.78 is 7.02. The Morgan fingerprint density at radius 3 is 2.94 bits per heavy atom. The number of ether oxygens (including phenoxy) is 1. The Morgan fingerprint density at radius 2 is 2.35 bits per heavy atom. The van der Waals surface area contributed by atoms with Gasteiger partial charge in [-0.1, -0.05) is 0 Å². The van der Waals surface area contributed by atoms with Crippen molar-refractivity contribution in [3.8, 4) is 0 Å². The van der Waals surface area contributed by atoms with Gasteiger partial charge in [0.15, 0.2) is 0 Å². The predicted octanol–water partition coefficient (Wildman–Crippen LogP) is -0.0950. The van der Waals surface area contributed by atoms with Gasteiger partial charge in [0.25, 0.3) is 5.56 Å². The van der Waals surface area contributed by atoms with Crippen molar-refractivity contribution < 1.29 is 9.84 Å². The number of aliphatic hydroxyl groups is 1. The van der Waals surface area contributed by atoms with E-state index >= 15 is 0 Å². The van der Waals surface area contributed by atoms with Crippen LogP contribution in [0, 0.1) is 6.92 Å². The number of nitrogens with zero attached hydrogens (tertiary/aromatic N) is 1. The Balaban J connectivity index is 2.34. The summed E-state index contributed by atoms with van der Waals surface area (Å²) in [7, 11) is 0. The van der Waals surface area contributed by atoms with Gasteiger partial charge in [-0.2, -0.15) is 0 Å². The first kappa shape index (κ1) is 12.1. The monoisotopic (exact) mass is 240 g/mol. The maximum atomic E-state index is 11.6. The first-order valence-electron chi connectivity index (χ1n) is 5.56. The molecule has 1 aliphatic heterocycles. The van der Waals surface area contributed by atoms with E-state index in [1.165, 1.54) is 10.8 Å². The highest BCUT2D eigenvalue weighted by atomic mass is 16.5. The molecule has 1 saturated heterocycles. The molecule has 17 heavy (non-hydrogen) atoms. The standard InChI is InChI=1S/C11H16N2O4/c1-7-5-13(10(16)12-9(7)15)8-3-4-11(2,6-14)17-8/h5,8,14H,3-4,6H2,1-2H3,(H,12,15,16)/t8-,11+/m1/s1. The van der Waals surface area contributed by atoms with Crippen molar-refractivity contribution in [2.75, 3.05) is 6.61 Å².